The molecule has 0 unspecified atom stereocenters. The van der Waals surface area contributed by atoms with E-state index < -0.39 is 40.7 Å². The molecule has 0 aromatic heterocycles. The SMILES string of the molecule is Cc1ccc(SCC(=O)Nc2c(F)c(F)c(F)c(F)c2F)cc1. The lowest BCUT2D eigenvalue weighted by molar-refractivity contribution is -0.113. The Kier molecular flexibility index (Phi) is 5.25. The number of halogens is 5. The second kappa shape index (κ2) is 6.99. The normalized spacial score (nSPS) is 10.7. The largest absolute Gasteiger partial charge is 0.320 e. The Morgan fingerprint density at radius 1 is 0.913 bits per heavy atom. The third-order valence-corrected chi connectivity index (χ3v) is 3.88. The Bertz CT molecular complexity index is 720. The second-order valence-corrected chi connectivity index (χ2v) is 5.64. The predicted octanol–water partition coefficient (Wildman–Crippen LogP) is 4.42. The van der Waals surface area contributed by atoms with Crippen molar-refractivity contribution in [3.05, 3.63) is 58.9 Å². The topological polar surface area (TPSA) is 29.1 Å². The third kappa shape index (κ3) is 3.82. The standard InChI is InChI=1S/C15H10F5NOS/c1-7-2-4-8(5-3-7)23-6-9(22)21-15-13(19)11(17)10(16)12(18)14(15)20/h2-5H,6H2,1H3,(H,21,22). The van der Waals surface area contributed by atoms with Crippen LogP contribution in [-0.2, 0) is 4.79 Å². The fourth-order valence-electron chi connectivity index (χ4n) is 1.67. The fraction of sp³-hybridized carbons (Fsp3) is 0.133. The molecule has 0 saturated carbocycles. The third-order valence-electron chi connectivity index (χ3n) is 2.87. The number of carbonyl (C=O) groups is 1. The van der Waals surface area contributed by atoms with Crippen LogP contribution in [0, 0.1) is 36.0 Å². The van der Waals surface area contributed by atoms with Crippen LogP contribution in [0.4, 0.5) is 27.6 Å². The summed E-state index contributed by atoms with van der Waals surface area (Å²) in [7, 11) is 0. The molecule has 23 heavy (non-hydrogen) atoms. The van der Waals surface area contributed by atoms with Crippen molar-refractivity contribution in [2.24, 2.45) is 0 Å². The number of carbonyl (C=O) groups excluding carboxylic acids is 1. The van der Waals surface area contributed by atoms with Gasteiger partial charge in [-0.1, -0.05) is 17.7 Å². The van der Waals surface area contributed by atoms with E-state index in [0.29, 0.717) is 0 Å². The van der Waals surface area contributed by atoms with Gasteiger partial charge in [-0.25, -0.2) is 22.0 Å². The van der Waals surface area contributed by atoms with Gasteiger partial charge in [-0.3, -0.25) is 4.79 Å². The minimum Gasteiger partial charge on any atom is -0.320 e. The summed E-state index contributed by atoms with van der Waals surface area (Å²) in [5.41, 5.74) is -0.337. The summed E-state index contributed by atoms with van der Waals surface area (Å²) in [4.78, 5) is 12.4. The van der Waals surface area contributed by atoms with Crippen molar-refractivity contribution in [3.63, 3.8) is 0 Å². The van der Waals surface area contributed by atoms with E-state index in [1.807, 2.05) is 19.1 Å². The van der Waals surface area contributed by atoms with Gasteiger partial charge in [-0.2, -0.15) is 0 Å². The van der Waals surface area contributed by atoms with Crippen LogP contribution >= 0.6 is 11.8 Å². The smallest absolute Gasteiger partial charge is 0.234 e. The van der Waals surface area contributed by atoms with Crippen molar-refractivity contribution in [2.75, 3.05) is 11.1 Å². The molecule has 122 valence electrons. The zero-order valence-corrected chi connectivity index (χ0v) is 12.5. The minimum absolute atomic E-state index is 0.247. The number of rotatable bonds is 4. The van der Waals surface area contributed by atoms with Crippen LogP contribution in [-0.4, -0.2) is 11.7 Å². The molecule has 0 aliphatic carbocycles. The first-order chi connectivity index (χ1) is 10.8. The highest BCUT2D eigenvalue weighted by Crippen LogP contribution is 2.27. The van der Waals surface area contributed by atoms with Crippen molar-refractivity contribution in [2.45, 2.75) is 11.8 Å². The number of hydrogen-bond donors (Lipinski definition) is 1. The Balaban J connectivity index is 2.10. The van der Waals surface area contributed by atoms with E-state index in [0.717, 1.165) is 22.2 Å². The molecule has 0 atom stereocenters. The van der Waals surface area contributed by atoms with E-state index in [4.69, 9.17) is 0 Å². The van der Waals surface area contributed by atoms with Crippen LogP contribution in [0.3, 0.4) is 0 Å². The lowest BCUT2D eigenvalue weighted by atomic mass is 10.2. The van der Waals surface area contributed by atoms with Gasteiger partial charge in [0, 0.05) is 4.90 Å². The summed E-state index contributed by atoms with van der Waals surface area (Å²) in [6, 6.07) is 7.10. The van der Waals surface area contributed by atoms with Gasteiger partial charge in [0.1, 0.15) is 5.69 Å². The number of nitrogens with one attached hydrogen (secondary N) is 1. The number of thioether (sulfide) groups is 1. The molecule has 8 heteroatoms. The molecule has 0 saturated heterocycles. The Labute approximate surface area is 132 Å². The molecule has 2 nitrogen and oxygen atoms in total. The molecule has 2 aromatic rings. The maximum atomic E-state index is 13.4. The van der Waals surface area contributed by atoms with Crippen LogP contribution in [0.5, 0.6) is 0 Å². The molecule has 0 aliphatic heterocycles. The minimum atomic E-state index is -2.27. The number of aryl methyl sites for hydroxylation is 1. The summed E-state index contributed by atoms with van der Waals surface area (Å²) in [5.74, 6) is -11.8. The molecular weight excluding hydrogens is 337 g/mol. The molecule has 0 heterocycles. The first-order valence-electron chi connectivity index (χ1n) is 6.32. The number of anilines is 1. The van der Waals surface area contributed by atoms with Crippen molar-refractivity contribution in [3.8, 4) is 0 Å². The molecule has 2 aromatic carbocycles. The van der Waals surface area contributed by atoms with Crippen molar-refractivity contribution < 1.29 is 26.7 Å². The zero-order chi connectivity index (χ0) is 17.1. The van der Waals surface area contributed by atoms with Crippen molar-refractivity contribution in [1.82, 2.24) is 0 Å². The number of benzene rings is 2. The Hall–Kier alpha value is -2.09. The molecule has 2 rings (SSSR count). The molecule has 1 N–H and O–H groups in total. The van der Waals surface area contributed by atoms with E-state index in [9.17, 15) is 26.7 Å². The summed E-state index contributed by atoms with van der Waals surface area (Å²) in [5, 5.41) is 1.71. The van der Waals surface area contributed by atoms with Crippen molar-refractivity contribution in [1.29, 1.82) is 0 Å². The van der Waals surface area contributed by atoms with Gasteiger partial charge in [-0.15, -0.1) is 11.8 Å². The summed E-state index contributed by atoms with van der Waals surface area (Å²) in [6.45, 7) is 1.88. The van der Waals surface area contributed by atoms with Crippen molar-refractivity contribution >= 4 is 23.4 Å². The molecule has 0 fully saturated rings. The van der Waals surface area contributed by atoms with Crippen LogP contribution in [0.25, 0.3) is 0 Å². The lowest BCUT2D eigenvalue weighted by Crippen LogP contribution is -2.18. The molecule has 0 spiro atoms. The van der Waals surface area contributed by atoms with Crippen LogP contribution in [0.2, 0.25) is 0 Å². The van der Waals surface area contributed by atoms with Gasteiger partial charge < -0.3 is 5.32 Å². The van der Waals surface area contributed by atoms with E-state index in [2.05, 4.69) is 0 Å². The fourth-order valence-corrected chi connectivity index (χ4v) is 2.37. The second-order valence-electron chi connectivity index (χ2n) is 4.59. The molecule has 0 radical (unpaired) electrons. The summed E-state index contributed by atoms with van der Waals surface area (Å²) >= 11 is 1.06. The van der Waals surface area contributed by atoms with E-state index in [1.54, 1.807) is 17.4 Å². The van der Waals surface area contributed by atoms with Gasteiger partial charge in [-0.05, 0) is 19.1 Å². The average molecular weight is 347 g/mol. The summed E-state index contributed by atoms with van der Waals surface area (Å²) in [6.07, 6.45) is 0. The highest BCUT2D eigenvalue weighted by molar-refractivity contribution is 8.00. The highest BCUT2D eigenvalue weighted by Gasteiger charge is 2.26. The van der Waals surface area contributed by atoms with E-state index in [1.165, 1.54) is 0 Å². The average Bonchev–Trinajstić information content (AvgIpc) is 2.54. The Morgan fingerprint density at radius 3 is 1.91 bits per heavy atom. The first-order valence-corrected chi connectivity index (χ1v) is 7.30. The molecule has 0 aliphatic rings. The van der Waals surface area contributed by atoms with Crippen LogP contribution in [0.15, 0.2) is 29.2 Å². The van der Waals surface area contributed by atoms with Gasteiger partial charge >= 0.3 is 0 Å². The van der Waals surface area contributed by atoms with Gasteiger partial charge in [0.05, 0.1) is 5.75 Å². The zero-order valence-electron chi connectivity index (χ0n) is 11.7. The first kappa shape index (κ1) is 17.3. The van der Waals surface area contributed by atoms with Crippen LogP contribution in [0.1, 0.15) is 5.56 Å². The van der Waals surface area contributed by atoms with E-state index in [-0.39, 0.29) is 5.75 Å². The summed E-state index contributed by atoms with van der Waals surface area (Å²) < 4.78 is 65.8. The monoisotopic (exact) mass is 347 g/mol. The van der Waals surface area contributed by atoms with E-state index >= 15 is 0 Å². The molecule has 1 amide bonds. The number of hydrogen-bond acceptors (Lipinski definition) is 2. The predicted molar refractivity (Wildman–Crippen MR) is 76.8 cm³/mol. The van der Waals surface area contributed by atoms with Gasteiger partial charge in [0.15, 0.2) is 23.3 Å². The molecular formula is C15H10F5NOS. The number of amides is 1. The lowest BCUT2D eigenvalue weighted by Gasteiger charge is -2.09. The van der Waals surface area contributed by atoms with Crippen LogP contribution < -0.4 is 5.32 Å². The quantitative estimate of drug-likeness (QED) is 0.384. The van der Waals surface area contributed by atoms with Gasteiger partial charge in [0.2, 0.25) is 11.7 Å². The van der Waals surface area contributed by atoms with Gasteiger partial charge in [0.25, 0.3) is 0 Å². The Morgan fingerprint density at radius 2 is 1.39 bits per heavy atom. The maximum Gasteiger partial charge on any atom is 0.234 e. The maximum absolute atomic E-state index is 13.4. The highest BCUT2D eigenvalue weighted by atomic mass is 32.2. The molecule has 0 bridgehead atoms.